The third kappa shape index (κ3) is 1.36. The minimum absolute atomic E-state index is 0.742. The quantitative estimate of drug-likeness (QED) is 0.674. The summed E-state index contributed by atoms with van der Waals surface area (Å²) in [6.45, 7) is 2.79. The first-order valence-corrected chi connectivity index (χ1v) is 4.41. The Bertz CT molecular complexity index is 281. The first-order chi connectivity index (χ1) is 5.90. The van der Waals surface area contributed by atoms with Crippen molar-refractivity contribution in [3.8, 4) is 0 Å². The van der Waals surface area contributed by atoms with Gasteiger partial charge in [-0.25, -0.2) is 0 Å². The van der Waals surface area contributed by atoms with Gasteiger partial charge in [-0.3, -0.25) is 0 Å². The Labute approximate surface area is 72.8 Å². The number of fused-ring (bicyclic) bond motifs is 1. The van der Waals surface area contributed by atoms with Crippen molar-refractivity contribution in [2.75, 3.05) is 6.54 Å². The highest BCUT2D eigenvalue weighted by Gasteiger charge is 2.08. The Kier molecular flexibility index (Phi) is 2.11. The predicted molar refractivity (Wildman–Crippen MR) is 49.7 cm³/mol. The number of hydrogen-bond donors (Lipinski definition) is 2. The van der Waals surface area contributed by atoms with Crippen LogP contribution in [-0.4, -0.2) is 6.54 Å². The third-order valence-corrected chi connectivity index (χ3v) is 2.33. The second kappa shape index (κ2) is 3.25. The molecule has 0 atom stereocenters. The van der Waals surface area contributed by atoms with Crippen LogP contribution in [0.3, 0.4) is 0 Å². The van der Waals surface area contributed by atoms with E-state index in [1.54, 1.807) is 0 Å². The lowest BCUT2D eigenvalue weighted by Crippen LogP contribution is -2.03. The van der Waals surface area contributed by atoms with Crippen LogP contribution < -0.4 is 11.1 Å². The van der Waals surface area contributed by atoms with Crippen LogP contribution in [-0.2, 0) is 19.5 Å². The molecule has 2 heteroatoms. The summed E-state index contributed by atoms with van der Waals surface area (Å²) in [7, 11) is 0. The molecule has 0 radical (unpaired) electrons. The van der Waals surface area contributed by atoms with Gasteiger partial charge in [0.05, 0.1) is 0 Å². The van der Waals surface area contributed by atoms with Gasteiger partial charge in [-0.05, 0) is 29.7 Å². The van der Waals surface area contributed by atoms with E-state index in [9.17, 15) is 0 Å². The zero-order chi connectivity index (χ0) is 8.39. The molecule has 0 unspecified atom stereocenters. The summed E-state index contributed by atoms with van der Waals surface area (Å²) in [6.07, 6.45) is 0.993. The van der Waals surface area contributed by atoms with Gasteiger partial charge in [-0.1, -0.05) is 18.2 Å². The molecule has 1 aliphatic rings. The fourth-order valence-electron chi connectivity index (χ4n) is 1.67. The van der Waals surface area contributed by atoms with E-state index in [2.05, 4.69) is 23.5 Å². The Balaban J connectivity index is 2.26. The molecule has 0 aromatic heterocycles. The lowest BCUT2D eigenvalue weighted by molar-refractivity contribution is 0.764. The molecule has 0 saturated heterocycles. The van der Waals surface area contributed by atoms with Crippen molar-refractivity contribution in [1.82, 2.24) is 5.32 Å². The highest BCUT2D eigenvalue weighted by Crippen LogP contribution is 2.16. The van der Waals surface area contributed by atoms with Gasteiger partial charge in [0.15, 0.2) is 0 Å². The summed E-state index contributed by atoms with van der Waals surface area (Å²) in [4.78, 5) is 0. The summed E-state index contributed by atoms with van der Waals surface area (Å²) in [5.74, 6) is 0. The van der Waals surface area contributed by atoms with Gasteiger partial charge in [0.25, 0.3) is 0 Å². The van der Waals surface area contributed by atoms with Crippen LogP contribution >= 0.6 is 0 Å². The maximum Gasteiger partial charge on any atom is 0.0212 e. The van der Waals surface area contributed by atoms with Crippen LogP contribution in [0.5, 0.6) is 0 Å². The van der Waals surface area contributed by atoms with Crippen molar-refractivity contribution in [3.63, 3.8) is 0 Å². The Morgan fingerprint density at radius 3 is 2.92 bits per heavy atom. The van der Waals surface area contributed by atoms with Crippen molar-refractivity contribution in [1.29, 1.82) is 0 Å². The van der Waals surface area contributed by atoms with Gasteiger partial charge in [-0.15, -0.1) is 0 Å². The van der Waals surface area contributed by atoms with E-state index in [4.69, 9.17) is 5.73 Å². The molecule has 1 heterocycles. The molecule has 12 heavy (non-hydrogen) atoms. The lowest BCUT2D eigenvalue weighted by Gasteiger charge is -2.01. The predicted octanol–water partition coefficient (Wildman–Crippen LogP) is 0.791. The molecule has 2 rings (SSSR count). The fourth-order valence-corrected chi connectivity index (χ4v) is 1.67. The van der Waals surface area contributed by atoms with Crippen molar-refractivity contribution in [3.05, 3.63) is 34.9 Å². The maximum atomic E-state index is 5.49. The molecule has 0 amide bonds. The largest absolute Gasteiger partial charge is 0.330 e. The fraction of sp³-hybridized carbons (Fsp3) is 0.400. The molecule has 3 N–H and O–H groups in total. The lowest BCUT2D eigenvalue weighted by atomic mass is 10.0. The van der Waals surface area contributed by atoms with E-state index in [1.165, 1.54) is 16.7 Å². The summed E-state index contributed by atoms with van der Waals surface area (Å²) in [6, 6.07) is 6.65. The molecule has 0 bridgehead atoms. The van der Waals surface area contributed by atoms with Crippen LogP contribution in [0.15, 0.2) is 18.2 Å². The molecular weight excluding hydrogens is 148 g/mol. The number of nitrogens with one attached hydrogen (secondary N) is 1. The topological polar surface area (TPSA) is 38.0 Å². The first kappa shape index (κ1) is 7.77. The molecule has 0 saturated carbocycles. The zero-order valence-electron chi connectivity index (χ0n) is 7.14. The molecular formula is C10H14N2. The van der Waals surface area contributed by atoms with Crippen molar-refractivity contribution < 1.29 is 0 Å². The van der Waals surface area contributed by atoms with Crippen LogP contribution in [0.25, 0.3) is 0 Å². The number of benzene rings is 1. The molecule has 1 aromatic carbocycles. The SMILES string of the molecule is NCCc1ccc2c(c1)CNC2. The van der Waals surface area contributed by atoms with E-state index in [0.29, 0.717) is 0 Å². The first-order valence-electron chi connectivity index (χ1n) is 4.41. The van der Waals surface area contributed by atoms with Crippen LogP contribution in [0, 0.1) is 0 Å². The monoisotopic (exact) mass is 162 g/mol. The van der Waals surface area contributed by atoms with E-state index in [0.717, 1.165) is 26.1 Å². The van der Waals surface area contributed by atoms with E-state index >= 15 is 0 Å². The third-order valence-electron chi connectivity index (χ3n) is 2.33. The van der Waals surface area contributed by atoms with Crippen LogP contribution in [0.2, 0.25) is 0 Å². The van der Waals surface area contributed by atoms with Gasteiger partial charge in [0.2, 0.25) is 0 Å². The summed E-state index contributed by atoms with van der Waals surface area (Å²) in [5.41, 5.74) is 9.74. The average molecular weight is 162 g/mol. The van der Waals surface area contributed by atoms with Crippen molar-refractivity contribution >= 4 is 0 Å². The Hall–Kier alpha value is -0.860. The number of hydrogen-bond acceptors (Lipinski definition) is 2. The second-order valence-corrected chi connectivity index (χ2v) is 3.25. The Morgan fingerprint density at radius 1 is 1.25 bits per heavy atom. The highest BCUT2D eigenvalue weighted by molar-refractivity contribution is 5.34. The second-order valence-electron chi connectivity index (χ2n) is 3.25. The van der Waals surface area contributed by atoms with E-state index in [1.807, 2.05) is 0 Å². The molecule has 0 fully saturated rings. The zero-order valence-corrected chi connectivity index (χ0v) is 7.14. The van der Waals surface area contributed by atoms with Crippen molar-refractivity contribution in [2.45, 2.75) is 19.5 Å². The average Bonchev–Trinajstić information content (AvgIpc) is 2.51. The minimum atomic E-state index is 0.742. The smallest absolute Gasteiger partial charge is 0.0212 e. The molecule has 0 spiro atoms. The maximum absolute atomic E-state index is 5.49. The van der Waals surface area contributed by atoms with Gasteiger partial charge < -0.3 is 11.1 Å². The molecule has 2 nitrogen and oxygen atoms in total. The normalized spacial score (nSPS) is 14.8. The number of rotatable bonds is 2. The van der Waals surface area contributed by atoms with E-state index < -0.39 is 0 Å². The van der Waals surface area contributed by atoms with Gasteiger partial charge >= 0.3 is 0 Å². The van der Waals surface area contributed by atoms with Gasteiger partial charge in [-0.2, -0.15) is 0 Å². The highest BCUT2D eigenvalue weighted by atomic mass is 14.9. The molecule has 0 aliphatic carbocycles. The summed E-state index contributed by atoms with van der Waals surface area (Å²) >= 11 is 0. The number of nitrogens with two attached hydrogens (primary N) is 1. The van der Waals surface area contributed by atoms with Gasteiger partial charge in [0, 0.05) is 13.1 Å². The molecule has 1 aromatic rings. The van der Waals surface area contributed by atoms with Crippen LogP contribution in [0.1, 0.15) is 16.7 Å². The van der Waals surface area contributed by atoms with E-state index in [-0.39, 0.29) is 0 Å². The summed E-state index contributed by atoms with van der Waals surface area (Å²) < 4.78 is 0. The van der Waals surface area contributed by atoms with Crippen molar-refractivity contribution in [2.24, 2.45) is 5.73 Å². The molecule has 64 valence electrons. The summed E-state index contributed by atoms with van der Waals surface area (Å²) in [5, 5.41) is 3.33. The molecule has 1 aliphatic heterocycles. The minimum Gasteiger partial charge on any atom is -0.330 e. The Morgan fingerprint density at radius 2 is 2.08 bits per heavy atom. The van der Waals surface area contributed by atoms with Crippen LogP contribution in [0.4, 0.5) is 0 Å². The van der Waals surface area contributed by atoms with Gasteiger partial charge in [0.1, 0.15) is 0 Å². The standard InChI is InChI=1S/C10H14N2/c11-4-3-8-1-2-9-6-12-7-10(9)5-8/h1-2,5,12H,3-4,6-7,11H2.